The second kappa shape index (κ2) is 8.67. The predicted octanol–water partition coefficient (Wildman–Crippen LogP) is 3.40. The van der Waals surface area contributed by atoms with E-state index in [0.29, 0.717) is 25.6 Å². The monoisotopic (exact) mass is 386 g/mol. The van der Waals surface area contributed by atoms with E-state index in [-0.39, 0.29) is 12.0 Å². The van der Waals surface area contributed by atoms with Gasteiger partial charge in [0.2, 0.25) is 5.91 Å². The maximum atomic E-state index is 12.5. The van der Waals surface area contributed by atoms with Crippen LogP contribution < -0.4 is 10.1 Å². The van der Waals surface area contributed by atoms with Crippen molar-refractivity contribution in [2.24, 2.45) is 5.92 Å². The van der Waals surface area contributed by atoms with Crippen LogP contribution in [0.1, 0.15) is 44.7 Å². The van der Waals surface area contributed by atoms with E-state index in [0.717, 1.165) is 37.2 Å². The molecule has 2 aliphatic heterocycles. The first-order valence-corrected chi connectivity index (χ1v) is 10.00. The molecule has 1 aromatic rings. The zero-order valence-electron chi connectivity index (χ0n) is 17.0. The molecule has 28 heavy (non-hydrogen) atoms. The number of amides is 2. The van der Waals surface area contributed by atoms with Crippen LogP contribution in [-0.2, 0) is 16.0 Å². The van der Waals surface area contributed by atoms with Gasteiger partial charge >= 0.3 is 6.09 Å². The standard InChI is InChI=1S/C22H30N2O4/c1-22(2,3)28-21(26)23-15-17-8-11-24(12-9-17)20(25)7-5-16-4-6-19-18(14-16)10-13-27-19/h4-7,14,17H,8-13,15H2,1-3H3,(H,23,26)/b7-5+. The van der Waals surface area contributed by atoms with E-state index >= 15 is 0 Å². The number of piperidine rings is 1. The topological polar surface area (TPSA) is 67.9 Å². The van der Waals surface area contributed by atoms with Crippen molar-refractivity contribution in [3.8, 4) is 5.75 Å². The van der Waals surface area contributed by atoms with E-state index in [1.54, 1.807) is 6.08 Å². The van der Waals surface area contributed by atoms with Gasteiger partial charge in [0.1, 0.15) is 11.4 Å². The summed E-state index contributed by atoms with van der Waals surface area (Å²) in [4.78, 5) is 26.1. The highest BCUT2D eigenvalue weighted by molar-refractivity contribution is 5.91. The zero-order valence-corrected chi connectivity index (χ0v) is 17.0. The third kappa shape index (κ3) is 5.75. The van der Waals surface area contributed by atoms with Crippen molar-refractivity contribution >= 4 is 18.1 Å². The predicted molar refractivity (Wildman–Crippen MR) is 108 cm³/mol. The molecule has 0 saturated carbocycles. The summed E-state index contributed by atoms with van der Waals surface area (Å²) < 4.78 is 10.8. The summed E-state index contributed by atoms with van der Waals surface area (Å²) in [5, 5.41) is 2.83. The Morgan fingerprint density at radius 2 is 2.04 bits per heavy atom. The highest BCUT2D eigenvalue weighted by Gasteiger charge is 2.23. The van der Waals surface area contributed by atoms with Gasteiger partial charge in [0, 0.05) is 32.1 Å². The van der Waals surface area contributed by atoms with Crippen molar-refractivity contribution < 1.29 is 19.1 Å². The SMILES string of the molecule is CC(C)(C)OC(=O)NCC1CCN(C(=O)/C=C/c2ccc3c(c2)CCO3)CC1. The average molecular weight is 386 g/mol. The number of rotatable bonds is 4. The Balaban J connectivity index is 1.42. The lowest BCUT2D eigenvalue weighted by Gasteiger charge is -2.31. The number of hydrogen-bond donors (Lipinski definition) is 1. The number of benzene rings is 1. The molecular weight excluding hydrogens is 356 g/mol. The van der Waals surface area contributed by atoms with Gasteiger partial charge in [0.25, 0.3) is 0 Å². The first kappa shape index (κ1) is 20.2. The lowest BCUT2D eigenvalue weighted by atomic mass is 9.97. The first-order valence-electron chi connectivity index (χ1n) is 10.00. The van der Waals surface area contributed by atoms with Crippen molar-refractivity contribution in [2.75, 3.05) is 26.2 Å². The fourth-order valence-electron chi connectivity index (χ4n) is 3.48. The largest absolute Gasteiger partial charge is 0.493 e. The van der Waals surface area contributed by atoms with Crippen LogP contribution in [0.25, 0.3) is 6.08 Å². The zero-order chi connectivity index (χ0) is 20.1. The Kier molecular flexibility index (Phi) is 6.27. The Morgan fingerprint density at radius 3 is 2.75 bits per heavy atom. The van der Waals surface area contributed by atoms with Gasteiger partial charge in [0.15, 0.2) is 0 Å². The minimum atomic E-state index is -0.488. The van der Waals surface area contributed by atoms with Crippen LogP contribution in [0, 0.1) is 5.92 Å². The number of hydrogen-bond acceptors (Lipinski definition) is 4. The smallest absolute Gasteiger partial charge is 0.407 e. The highest BCUT2D eigenvalue weighted by atomic mass is 16.6. The molecule has 2 aliphatic rings. The lowest BCUT2D eigenvalue weighted by molar-refractivity contribution is -0.127. The third-order valence-electron chi connectivity index (χ3n) is 4.99. The molecule has 0 aromatic heterocycles. The number of alkyl carbamates (subject to hydrolysis) is 1. The molecule has 0 aliphatic carbocycles. The van der Waals surface area contributed by atoms with E-state index in [2.05, 4.69) is 11.4 Å². The number of carbonyl (C=O) groups excluding carboxylic acids is 2. The molecule has 0 atom stereocenters. The van der Waals surface area contributed by atoms with Gasteiger partial charge in [-0.25, -0.2) is 4.79 Å². The minimum Gasteiger partial charge on any atom is -0.493 e. The van der Waals surface area contributed by atoms with E-state index in [1.165, 1.54) is 5.56 Å². The van der Waals surface area contributed by atoms with Crippen molar-refractivity contribution in [3.05, 3.63) is 35.4 Å². The van der Waals surface area contributed by atoms with E-state index in [4.69, 9.17) is 9.47 Å². The molecule has 1 N–H and O–H groups in total. The fourth-order valence-corrected chi connectivity index (χ4v) is 3.48. The van der Waals surface area contributed by atoms with Crippen molar-refractivity contribution in [1.82, 2.24) is 10.2 Å². The quantitative estimate of drug-likeness (QED) is 0.806. The highest BCUT2D eigenvalue weighted by Crippen LogP contribution is 2.26. The van der Waals surface area contributed by atoms with Gasteiger partial charge in [-0.2, -0.15) is 0 Å². The molecule has 3 rings (SSSR count). The summed E-state index contributed by atoms with van der Waals surface area (Å²) in [6, 6.07) is 6.03. The Bertz CT molecular complexity index is 743. The molecule has 2 amide bonds. The van der Waals surface area contributed by atoms with Gasteiger partial charge in [-0.05, 0) is 68.9 Å². The lowest BCUT2D eigenvalue weighted by Crippen LogP contribution is -2.41. The van der Waals surface area contributed by atoms with E-state index in [1.807, 2.05) is 43.9 Å². The van der Waals surface area contributed by atoms with Crippen molar-refractivity contribution in [3.63, 3.8) is 0 Å². The van der Waals surface area contributed by atoms with Crippen LogP contribution in [0.15, 0.2) is 24.3 Å². The van der Waals surface area contributed by atoms with E-state index < -0.39 is 5.60 Å². The van der Waals surface area contributed by atoms with Crippen molar-refractivity contribution in [2.45, 2.75) is 45.6 Å². The minimum absolute atomic E-state index is 0.0373. The van der Waals surface area contributed by atoms with Crippen LogP contribution in [0.2, 0.25) is 0 Å². The summed E-state index contributed by atoms with van der Waals surface area (Å²) in [6.45, 7) is 8.29. The molecule has 6 heteroatoms. The number of nitrogens with zero attached hydrogens (tertiary/aromatic N) is 1. The number of likely N-dealkylation sites (tertiary alicyclic amines) is 1. The second-order valence-electron chi connectivity index (χ2n) is 8.45. The number of ether oxygens (including phenoxy) is 2. The summed E-state index contributed by atoms with van der Waals surface area (Å²) in [7, 11) is 0. The van der Waals surface area contributed by atoms with Crippen molar-refractivity contribution in [1.29, 1.82) is 0 Å². The normalized spacial score (nSPS) is 17.3. The molecule has 0 radical (unpaired) electrons. The van der Waals surface area contributed by atoms with Crippen LogP contribution in [0.4, 0.5) is 4.79 Å². The maximum Gasteiger partial charge on any atom is 0.407 e. The first-order chi connectivity index (χ1) is 13.3. The molecule has 0 bridgehead atoms. The van der Waals surface area contributed by atoms with Crippen LogP contribution in [0.3, 0.4) is 0 Å². The van der Waals surface area contributed by atoms with Gasteiger partial charge in [-0.3, -0.25) is 4.79 Å². The second-order valence-corrected chi connectivity index (χ2v) is 8.45. The Hall–Kier alpha value is -2.50. The third-order valence-corrected chi connectivity index (χ3v) is 4.99. The molecule has 0 unspecified atom stereocenters. The van der Waals surface area contributed by atoms with Gasteiger partial charge in [0.05, 0.1) is 6.61 Å². The number of fused-ring (bicyclic) bond motifs is 1. The summed E-state index contributed by atoms with van der Waals surface area (Å²) >= 11 is 0. The summed E-state index contributed by atoms with van der Waals surface area (Å²) in [6.07, 6.45) is 5.83. The number of carbonyl (C=O) groups is 2. The van der Waals surface area contributed by atoms with E-state index in [9.17, 15) is 9.59 Å². The summed E-state index contributed by atoms with van der Waals surface area (Å²) in [5.41, 5.74) is 1.74. The molecule has 0 spiro atoms. The molecule has 6 nitrogen and oxygen atoms in total. The van der Waals surface area contributed by atoms with Gasteiger partial charge in [-0.15, -0.1) is 0 Å². The summed E-state index contributed by atoms with van der Waals surface area (Å²) in [5.74, 6) is 1.36. The van der Waals surface area contributed by atoms with Crippen LogP contribution >= 0.6 is 0 Å². The average Bonchev–Trinajstić information content (AvgIpc) is 3.11. The van der Waals surface area contributed by atoms with Crippen LogP contribution in [0.5, 0.6) is 5.75 Å². The van der Waals surface area contributed by atoms with Gasteiger partial charge in [-0.1, -0.05) is 6.07 Å². The molecule has 152 valence electrons. The molecule has 2 heterocycles. The van der Waals surface area contributed by atoms with Crippen LogP contribution in [-0.4, -0.2) is 48.7 Å². The molecule has 1 aromatic carbocycles. The Labute approximate surface area is 166 Å². The Morgan fingerprint density at radius 1 is 1.29 bits per heavy atom. The molecular formula is C22H30N2O4. The number of nitrogens with one attached hydrogen (secondary N) is 1. The fraction of sp³-hybridized carbons (Fsp3) is 0.545. The molecule has 1 saturated heterocycles. The van der Waals surface area contributed by atoms with Gasteiger partial charge < -0.3 is 19.7 Å². The molecule has 1 fully saturated rings. The maximum absolute atomic E-state index is 12.5.